The second-order valence-electron chi connectivity index (χ2n) is 10.1. The highest BCUT2D eigenvalue weighted by molar-refractivity contribution is 7.46. The van der Waals surface area contributed by atoms with Crippen LogP contribution in [0.4, 0.5) is 5.82 Å². The number of ether oxygens (including phenoxy) is 1. The number of rotatable bonds is 19. The summed E-state index contributed by atoms with van der Waals surface area (Å²) in [5.41, 5.74) is 2.78. The predicted octanol–water partition coefficient (Wildman–Crippen LogP) is 3.80. The Morgan fingerprint density at radius 1 is 1.03 bits per heavy atom. The number of nitrogens with two attached hydrogens (primary N) is 1. The molecule has 37 heavy (non-hydrogen) atoms. The summed E-state index contributed by atoms with van der Waals surface area (Å²) in [6, 6.07) is 1.35. The number of hydrogen-bond donors (Lipinski definition) is 5. The van der Waals surface area contributed by atoms with E-state index in [1.807, 2.05) is 0 Å². The van der Waals surface area contributed by atoms with Crippen LogP contribution in [-0.2, 0) is 13.8 Å². The maximum atomic E-state index is 12.4. The lowest BCUT2D eigenvalue weighted by atomic mass is 9.88. The van der Waals surface area contributed by atoms with Crippen molar-refractivity contribution in [1.29, 1.82) is 0 Å². The van der Waals surface area contributed by atoms with E-state index in [-0.39, 0.29) is 12.2 Å². The van der Waals surface area contributed by atoms with Gasteiger partial charge in [0, 0.05) is 6.20 Å². The first kappa shape index (κ1) is 31.9. The summed E-state index contributed by atoms with van der Waals surface area (Å²) in [6.45, 7) is 1.56. The molecule has 0 saturated carbocycles. The molecule has 1 fully saturated rings. The van der Waals surface area contributed by atoms with Crippen LogP contribution in [0.25, 0.3) is 0 Å². The smallest absolute Gasteiger partial charge is 0.394 e. The average Bonchev–Trinajstić information content (AvgIpc) is 3.09. The first-order valence-electron chi connectivity index (χ1n) is 13.7. The molecule has 11 nitrogen and oxygen atoms in total. The van der Waals surface area contributed by atoms with Gasteiger partial charge in [0.15, 0.2) is 6.23 Å². The van der Waals surface area contributed by atoms with Crippen LogP contribution >= 0.6 is 7.82 Å². The number of phosphoric acid groups is 1. The van der Waals surface area contributed by atoms with Crippen molar-refractivity contribution in [2.24, 2.45) is 0 Å². The van der Waals surface area contributed by atoms with Crippen LogP contribution in [0.3, 0.4) is 0 Å². The molecular weight excluding hydrogens is 501 g/mol. The van der Waals surface area contributed by atoms with Gasteiger partial charge in [-0.3, -0.25) is 9.09 Å². The van der Waals surface area contributed by atoms with Gasteiger partial charge in [0.1, 0.15) is 23.6 Å². The SMILES string of the molecule is CCCCCCCCCCCCCCCC[C@@]1(O)[C@H](OP(=O)(O)O)[C@@H](CO)O[C@H]1n1ccc(N)nc1=O. The molecule has 1 aromatic heterocycles. The summed E-state index contributed by atoms with van der Waals surface area (Å²) in [5.74, 6) is -0.0171. The van der Waals surface area contributed by atoms with E-state index in [1.54, 1.807) is 0 Å². The quantitative estimate of drug-likeness (QED) is 0.126. The summed E-state index contributed by atoms with van der Waals surface area (Å²) >= 11 is 0. The molecule has 2 heterocycles. The Morgan fingerprint density at radius 2 is 1.54 bits per heavy atom. The Balaban J connectivity index is 1.86. The van der Waals surface area contributed by atoms with E-state index < -0.39 is 44.2 Å². The minimum atomic E-state index is -5.03. The number of nitrogens with zero attached hydrogens (tertiary/aromatic N) is 2. The van der Waals surface area contributed by atoms with E-state index in [0.717, 1.165) is 30.3 Å². The molecule has 214 valence electrons. The van der Waals surface area contributed by atoms with Crippen LogP contribution in [0.5, 0.6) is 0 Å². The zero-order valence-electron chi connectivity index (χ0n) is 22.0. The zero-order valence-corrected chi connectivity index (χ0v) is 22.9. The number of phosphoric ester groups is 1. The Morgan fingerprint density at radius 3 is 2.00 bits per heavy atom. The van der Waals surface area contributed by atoms with Crippen molar-refractivity contribution in [1.82, 2.24) is 9.55 Å². The minimum Gasteiger partial charge on any atom is -0.394 e. The number of nitrogen functional groups attached to an aromatic ring is 1. The highest BCUT2D eigenvalue weighted by Crippen LogP contribution is 2.49. The Bertz CT molecular complexity index is 895. The first-order chi connectivity index (χ1) is 17.6. The number of aliphatic hydroxyl groups is 2. The number of aliphatic hydroxyl groups excluding tert-OH is 1. The van der Waals surface area contributed by atoms with Crippen molar-refractivity contribution in [2.45, 2.75) is 127 Å². The van der Waals surface area contributed by atoms with Crippen molar-refractivity contribution in [3.05, 3.63) is 22.7 Å². The molecule has 6 N–H and O–H groups in total. The van der Waals surface area contributed by atoms with Gasteiger partial charge in [0.2, 0.25) is 0 Å². The summed E-state index contributed by atoms with van der Waals surface area (Å²) in [7, 11) is -5.03. The van der Waals surface area contributed by atoms with Crippen molar-refractivity contribution >= 4 is 13.6 Å². The number of unbranched alkanes of at least 4 members (excludes halogenated alkanes) is 13. The van der Waals surface area contributed by atoms with E-state index >= 15 is 0 Å². The Hall–Kier alpha value is -1.33. The van der Waals surface area contributed by atoms with Gasteiger partial charge in [-0.25, -0.2) is 9.36 Å². The Labute approximate surface area is 219 Å². The van der Waals surface area contributed by atoms with Crippen LogP contribution in [0.1, 0.15) is 109 Å². The van der Waals surface area contributed by atoms with Crippen LogP contribution < -0.4 is 11.4 Å². The minimum absolute atomic E-state index is 0.0171. The Kier molecular flexibility index (Phi) is 13.7. The van der Waals surface area contributed by atoms with Gasteiger partial charge in [0.25, 0.3) is 0 Å². The molecule has 0 amide bonds. The normalized spacial score (nSPS) is 24.1. The van der Waals surface area contributed by atoms with E-state index in [0.29, 0.717) is 6.42 Å². The highest BCUT2D eigenvalue weighted by Gasteiger charge is 2.59. The molecule has 0 aliphatic carbocycles. The van der Waals surface area contributed by atoms with Crippen LogP contribution in [-0.4, -0.2) is 54.0 Å². The van der Waals surface area contributed by atoms with Crippen LogP contribution in [0.2, 0.25) is 0 Å². The molecule has 4 atom stereocenters. The number of hydrogen-bond acceptors (Lipinski definition) is 8. The molecule has 0 aromatic carbocycles. The van der Waals surface area contributed by atoms with Gasteiger partial charge >= 0.3 is 13.5 Å². The number of aromatic nitrogens is 2. The van der Waals surface area contributed by atoms with Gasteiger partial charge in [-0.05, 0) is 12.5 Å². The standard InChI is InChI=1S/C25H46N3O8P/c1-2-3-4-5-6-7-8-9-10-11-12-13-14-15-17-25(31)22(36-37(32,33)34)20(19-29)35-23(25)28-18-16-21(26)27-24(28)30/h16,18,20,22-23,29,31H,2-15,17,19H2,1H3,(H2,26,27,30)(H2,32,33,34)/t20-,22-,23-,25-/m1/s1. The molecule has 12 heteroatoms. The molecule has 0 radical (unpaired) electrons. The van der Waals surface area contributed by atoms with E-state index in [2.05, 4.69) is 11.9 Å². The number of anilines is 1. The largest absolute Gasteiger partial charge is 0.470 e. The van der Waals surface area contributed by atoms with E-state index in [1.165, 1.54) is 70.1 Å². The fourth-order valence-electron chi connectivity index (χ4n) is 5.04. The van der Waals surface area contributed by atoms with Crippen molar-refractivity contribution < 1.29 is 33.8 Å². The second kappa shape index (κ2) is 15.9. The molecular formula is C25H46N3O8P. The lowest BCUT2D eigenvalue weighted by Crippen LogP contribution is -2.49. The van der Waals surface area contributed by atoms with E-state index in [9.17, 15) is 29.4 Å². The summed E-state index contributed by atoms with van der Waals surface area (Å²) in [5, 5.41) is 21.3. The van der Waals surface area contributed by atoms with Gasteiger partial charge in [-0.1, -0.05) is 96.8 Å². The molecule has 2 rings (SSSR count). The summed E-state index contributed by atoms with van der Waals surface area (Å²) in [6.07, 6.45) is 13.3. The molecule has 1 saturated heterocycles. The molecule has 1 aromatic rings. The average molecular weight is 548 g/mol. The third-order valence-corrected chi connectivity index (χ3v) is 7.53. The summed E-state index contributed by atoms with van der Waals surface area (Å²) < 4.78 is 23.2. The van der Waals surface area contributed by atoms with Crippen molar-refractivity contribution in [3.63, 3.8) is 0 Å². The fourth-order valence-corrected chi connectivity index (χ4v) is 5.66. The molecule has 1 aliphatic heterocycles. The van der Waals surface area contributed by atoms with Gasteiger partial charge < -0.3 is 30.5 Å². The van der Waals surface area contributed by atoms with Gasteiger partial charge in [-0.15, -0.1) is 0 Å². The van der Waals surface area contributed by atoms with Crippen LogP contribution in [0, 0.1) is 0 Å². The predicted molar refractivity (Wildman–Crippen MR) is 141 cm³/mol. The lowest BCUT2D eigenvalue weighted by Gasteiger charge is -2.34. The lowest BCUT2D eigenvalue weighted by molar-refractivity contribution is -0.115. The third kappa shape index (κ3) is 10.4. The molecule has 0 bridgehead atoms. The fraction of sp³-hybridized carbons (Fsp3) is 0.840. The third-order valence-electron chi connectivity index (χ3n) is 7.03. The molecule has 0 spiro atoms. The monoisotopic (exact) mass is 547 g/mol. The first-order valence-corrected chi connectivity index (χ1v) is 15.2. The van der Waals surface area contributed by atoms with E-state index in [4.69, 9.17) is 15.0 Å². The van der Waals surface area contributed by atoms with Gasteiger partial charge in [-0.2, -0.15) is 4.98 Å². The topological polar surface area (TPSA) is 177 Å². The molecule has 1 aliphatic rings. The summed E-state index contributed by atoms with van der Waals surface area (Å²) in [4.78, 5) is 34.9. The molecule has 0 unspecified atom stereocenters. The van der Waals surface area contributed by atoms with Gasteiger partial charge in [0.05, 0.1) is 6.61 Å². The highest BCUT2D eigenvalue weighted by atomic mass is 31.2. The zero-order chi connectivity index (χ0) is 27.3. The van der Waals surface area contributed by atoms with Crippen LogP contribution in [0.15, 0.2) is 17.1 Å². The maximum Gasteiger partial charge on any atom is 0.470 e. The maximum absolute atomic E-state index is 12.4. The van der Waals surface area contributed by atoms with Crippen molar-refractivity contribution in [2.75, 3.05) is 12.3 Å². The van der Waals surface area contributed by atoms with Crippen molar-refractivity contribution in [3.8, 4) is 0 Å². The second-order valence-corrected chi connectivity index (χ2v) is 11.3.